The highest BCUT2D eigenvalue weighted by atomic mass is 16.4. The Hall–Kier alpha value is -3.11. The standard InChI is InChI=1S/C24H22N2O2/c27-24(28)26(23-11-5-6-16-12-13-25-14-21(16)23)15-22-19-9-3-1-7-17(19)18-8-2-4-10-20(18)22/h1-11,22,25H,12-15H2,(H,27,28). The number of nitrogens with one attached hydrogen (secondary N) is 1. The number of benzene rings is 3. The molecule has 2 N–H and O–H groups in total. The number of nitrogens with zero attached hydrogens (tertiary/aromatic N) is 1. The van der Waals surface area contributed by atoms with Crippen molar-refractivity contribution in [3.63, 3.8) is 0 Å². The molecule has 1 heterocycles. The lowest BCUT2D eigenvalue weighted by Gasteiger charge is -2.29. The van der Waals surface area contributed by atoms with E-state index in [-0.39, 0.29) is 5.92 Å². The third kappa shape index (κ3) is 2.69. The molecule has 0 radical (unpaired) electrons. The van der Waals surface area contributed by atoms with Crippen molar-refractivity contribution in [1.82, 2.24) is 5.32 Å². The van der Waals surface area contributed by atoms with Crippen molar-refractivity contribution in [3.05, 3.63) is 89.0 Å². The van der Waals surface area contributed by atoms with Crippen molar-refractivity contribution in [1.29, 1.82) is 0 Å². The molecule has 0 saturated heterocycles. The van der Waals surface area contributed by atoms with Crippen LogP contribution < -0.4 is 10.2 Å². The van der Waals surface area contributed by atoms with Gasteiger partial charge in [0.05, 0.1) is 5.69 Å². The molecular weight excluding hydrogens is 348 g/mol. The van der Waals surface area contributed by atoms with Crippen molar-refractivity contribution in [2.45, 2.75) is 18.9 Å². The molecule has 0 aromatic heterocycles. The van der Waals surface area contributed by atoms with Crippen molar-refractivity contribution in [2.24, 2.45) is 0 Å². The second-order valence-corrected chi connectivity index (χ2v) is 7.46. The summed E-state index contributed by atoms with van der Waals surface area (Å²) < 4.78 is 0. The van der Waals surface area contributed by atoms with Crippen LogP contribution in [0.4, 0.5) is 10.5 Å². The minimum Gasteiger partial charge on any atom is -0.465 e. The minimum atomic E-state index is -0.902. The van der Waals surface area contributed by atoms with Crippen LogP contribution in [0.5, 0.6) is 0 Å². The number of carbonyl (C=O) groups is 1. The summed E-state index contributed by atoms with van der Waals surface area (Å²) in [6.07, 6.45) is 0.0342. The zero-order chi connectivity index (χ0) is 19.1. The molecule has 4 heteroatoms. The van der Waals surface area contributed by atoms with Crippen LogP contribution in [0.2, 0.25) is 0 Å². The SMILES string of the molecule is O=C(O)N(CC1c2ccccc2-c2ccccc21)c1cccc2c1CNCC2. The maximum absolute atomic E-state index is 12.3. The Kier molecular flexibility index (Phi) is 4.14. The van der Waals surface area contributed by atoms with Crippen LogP contribution >= 0.6 is 0 Å². The molecule has 5 rings (SSSR count). The molecule has 0 unspecified atom stereocenters. The van der Waals surface area contributed by atoms with Crippen molar-refractivity contribution in [2.75, 3.05) is 18.0 Å². The van der Waals surface area contributed by atoms with Crippen LogP contribution in [-0.2, 0) is 13.0 Å². The van der Waals surface area contributed by atoms with Gasteiger partial charge < -0.3 is 10.4 Å². The molecule has 0 atom stereocenters. The Bertz CT molecular complexity index is 1010. The lowest BCUT2D eigenvalue weighted by molar-refractivity contribution is 0.201. The Labute approximate surface area is 164 Å². The summed E-state index contributed by atoms with van der Waals surface area (Å²) in [7, 11) is 0. The van der Waals surface area contributed by atoms with E-state index in [0.29, 0.717) is 13.1 Å². The predicted octanol–water partition coefficient (Wildman–Crippen LogP) is 4.63. The van der Waals surface area contributed by atoms with E-state index in [1.807, 2.05) is 36.4 Å². The van der Waals surface area contributed by atoms with E-state index >= 15 is 0 Å². The number of carboxylic acid groups (broad SMARTS) is 1. The molecule has 3 aromatic carbocycles. The first-order chi connectivity index (χ1) is 13.7. The van der Waals surface area contributed by atoms with Gasteiger partial charge in [-0.15, -0.1) is 0 Å². The number of hydrogen-bond acceptors (Lipinski definition) is 2. The number of hydrogen-bond donors (Lipinski definition) is 2. The summed E-state index contributed by atoms with van der Waals surface area (Å²) in [4.78, 5) is 13.8. The molecule has 140 valence electrons. The third-order valence-corrected chi connectivity index (χ3v) is 5.97. The van der Waals surface area contributed by atoms with E-state index in [4.69, 9.17) is 0 Å². The largest absolute Gasteiger partial charge is 0.465 e. The second kappa shape index (κ2) is 6.80. The second-order valence-electron chi connectivity index (χ2n) is 7.46. The quantitative estimate of drug-likeness (QED) is 0.707. The van der Waals surface area contributed by atoms with Crippen LogP contribution in [0, 0.1) is 0 Å². The fraction of sp³-hybridized carbons (Fsp3) is 0.208. The van der Waals surface area contributed by atoms with E-state index < -0.39 is 6.09 Å². The Morgan fingerprint density at radius 2 is 1.64 bits per heavy atom. The normalized spacial score (nSPS) is 14.9. The Balaban J connectivity index is 1.58. The summed E-state index contributed by atoms with van der Waals surface area (Å²) in [5.41, 5.74) is 8.00. The number of rotatable bonds is 3. The van der Waals surface area contributed by atoms with Crippen LogP contribution in [0.1, 0.15) is 28.2 Å². The van der Waals surface area contributed by atoms with E-state index in [1.54, 1.807) is 0 Å². The summed E-state index contributed by atoms with van der Waals surface area (Å²) in [6.45, 7) is 2.07. The molecule has 0 spiro atoms. The molecule has 3 aromatic rings. The van der Waals surface area contributed by atoms with Gasteiger partial charge in [0.15, 0.2) is 0 Å². The van der Waals surface area contributed by atoms with Crippen molar-refractivity contribution in [3.8, 4) is 11.1 Å². The lowest BCUT2D eigenvalue weighted by atomic mass is 9.94. The lowest BCUT2D eigenvalue weighted by Crippen LogP contribution is -2.36. The Morgan fingerprint density at radius 3 is 2.32 bits per heavy atom. The molecule has 28 heavy (non-hydrogen) atoms. The topological polar surface area (TPSA) is 52.6 Å². The maximum Gasteiger partial charge on any atom is 0.411 e. The van der Waals surface area contributed by atoms with Crippen LogP contribution in [0.25, 0.3) is 11.1 Å². The molecule has 0 fully saturated rings. The summed E-state index contributed by atoms with van der Waals surface area (Å²) in [5.74, 6) is 0.0379. The average molecular weight is 370 g/mol. The molecule has 0 bridgehead atoms. The van der Waals surface area contributed by atoms with Gasteiger partial charge in [-0.25, -0.2) is 4.79 Å². The smallest absolute Gasteiger partial charge is 0.411 e. The number of fused-ring (bicyclic) bond motifs is 4. The van der Waals surface area contributed by atoms with Crippen molar-refractivity contribution < 1.29 is 9.90 Å². The highest BCUT2D eigenvalue weighted by molar-refractivity contribution is 5.89. The number of anilines is 1. The fourth-order valence-corrected chi connectivity index (χ4v) is 4.67. The molecule has 0 saturated carbocycles. The van der Waals surface area contributed by atoms with Gasteiger partial charge in [-0.05, 0) is 52.4 Å². The monoisotopic (exact) mass is 370 g/mol. The van der Waals surface area contributed by atoms with E-state index in [2.05, 4.69) is 35.6 Å². The van der Waals surface area contributed by atoms with Gasteiger partial charge in [0.2, 0.25) is 0 Å². The first kappa shape index (κ1) is 17.0. The van der Waals surface area contributed by atoms with Gasteiger partial charge >= 0.3 is 6.09 Å². The van der Waals surface area contributed by atoms with E-state index in [0.717, 1.165) is 24.2 Å². The van der Waals surface area contributed by atoms with Crippen LogP contribution in [0.3, 0.4) is 0 Å². The molecule has 4 nitrogen and oxygen atoms in total. The molecule has 1 aliphatic carbocycles. The summed E-state index contributed by atoms with van der Waals surface area (Å²) in [5, 5.41) is 13.5. The van der Waals surface area contributed by atoms with Crippen molar-refractivity contribution >= 4 is 11.8 Å². The van der Waals surface area contributed by atoms with Gasteiger partial charge in [0.25, 0.3) is 0 Å². The fourth-order valence-electron chi connectivity index (χ4n) is 4.67. The molecule has 1 aliphatic heterocycles. The average Bonchev–Trinajstić information content (AvgIpc) is 3.05. The van der Waals surface area contributed by atoms with Gasteiger partial charge in [-0.3, -0.25) is 4.90 Å². The molecule has 1 amide bonds. The molecular formula is C24H22N2O2. The summed E-state index contributed by atoms with van der Waals surface area (Å²) in [6, 6.07) is 22.7. The summed E-state index contributed by atoms with van der Waals surface area (Å²) >= 11 is 0. The van der Waals surface area contributed by atoms with Gasteiger partial charge in [0, 0.05) is 19.0 Å². The predicted molar refractivity (Wildman–Crippen MR) is 111 cm³/mol. The highest BCUT2D eigenvalue weighted by Gasteiger charge is 2.32. The highest BCUT2D eigenvalue weighted by Crippen LogP contribution is 2.45. The zero-order valence-electron chi connectivity index (χ0n) is 15.6. The van der Waals surface area contributed by atoms with Crippen LogP contribution in [0.15, 0.2) is 66.7 Å². The number of amides is 1. The maximum atomic E-state index is 12.3. The van der Waals surface area contributed by atoms with Gasteiger partial charge in [-0.1, -0.05) is 60.7 Å². The first-order valence-electron chi connectivity index (χ1n) is 9.74. The minimum absolute atomic E-state index is 0.0379. The van der Waals surface area contributed by atoms with E-state index in [1.165, 1.54) is 32.7 Å². The van der Waals surface area contributed by atoms with E-state index in [9.17, 15) is 9.90 Å². The van der Waals surface area contributed by atoms with Gasteiger partial charge in [-0.2, -0.15) is 0 Å². The first-order valence-corrected chi connectivity index (χ1v) is 9.74. The third-order valence-electron chi connectivity index (χ3n) is 5.97. The molecule has 2 aliphatic rings. The zero-order valence-corrected chi connectivity index (χ0v) is 15.6. The van der Waals surface area contributed by atoms with Crippen LogP contribution in [-0.4, -0.2) is 24.3 Å². The Morgan fingerprint density at radius 1 is 0.964 bits per heavy atom. The van der Waals surface area contributed by atoms with Gasteiger partial charge in [0.1, 0.15) is 0 Å².